The number of halogens is 1. The van der Waals surface area contributed by atoms with Crippen molar-refractivity contribution in [2.75, 3.05) is 13.2 Å². The molecule has 0 saturated carbocycles. The second-order valence-electron chi connectivity index (χ2n) is 5.93. The molecule has 0 aliphatic carbocycles. The Morgan fingerprint density at radius 3 is 2.57 bits per heavy atom. The molecule has 0 saturated heterocycles. The molecule has 0 aromatic heterocycles. The van der Waals surface area contributed by atoms with Gasteiger partial charge in [-0.25, -0.2) is 5.43 Å². The first-order valence-electron chi connectivity index (χ1n) is 8.94. The van der Waals surface area contributed by atoms with Crippen molar-refractivity contribution in [1.29, 1.82) is 0 Å². The summed E-state index contributed by atoms with van der Waals surface area (Å²) < 4.78 is 5.54. The van der Waals surface area contributed by atoms with Gasteiger partial charge in [0.2, 0.25) is 0 Å². The van der Waals surface area contributed by atoms with E-state index in [9.17, 15) is 14.4 Å². The van der Waals surface area contributed by atoms with Crippen molar-refractivity contribution in [3.8, 4) is 5.75 Å². The van der Waals surface area contributed by atoms with Gasteiger partial charge >= 0.3 is 11.8 Å². The van der Waals surface area contributed by atoms with Crippen LogP contribution in [0.2, 0.25) is 5.02 Å². The Bertz CT molecular complexity index is 932. The van der Waals surface area contributed by atoms with Gasteiger partial charge in [-0.05, 0) is 23.8 Å². The Hall–Kier alpha value is -3.65. The molecule has 0 heterocycles. The van der Waals surface area contributed by atoms with Gasteiger partial charge in [-0.3, -0.25) is 14.4 Å². The molecule has 0 aliphatic heterocycles. The Kier molecular flexibility index (Phi) is 9.08. The molecular weight excluding hydrogens is 408 g/mol. The van der Waals surface area contributed by atoms with Gasteiger partial charge in [-0.15, -0.1) is 6.58 Å². The number of nitrogens with one attached hydrogen (secondary N) is 3. The highest BCUT2D eigenvalue weighted by Gasteiger charge is 2.11. The average molecular weight is 429 g/mol. The van der Waals surface area contributed by atoms with E-state index < -0.39 is 11.8 Å². The molecule has 8 nitrogen and oxygen atoms in total. The maximum atomic E-state index is 12.0. The normalized spacial score (nSPS) is 10.3. The number of carbonyl (C=O) groups excluding carboxylic acids is 3. The minimum atomic E-state index is -0.933. The first-order valence-corrected chi connectivity index (χ1v) is 9.32. The lowest BCUT2D eigenvalue weighted by molar-refractivity contribution is -0.139. The Morgan fingerprint density at radius 2 is 1.83 bits per heavy atom. The molecule has 0 atom stereocenters. The number of hydrogen-bond donors (Lipinski definition) is 3. The molecule has 3 amide bonds. The van der Waals surface area contributed by atoms with E-state index >= 15 is 0 Å². The van der Waals surface area contributed by atoms with Crippen LogP contribution in [0.15, 0.2) is 66.3 Å². The van der Waals surface area contributed by atoms with Crippen LogP contribution in [-0.2, 0) is 20.9 Å². The molecule has 3 N–H and O–H groups in total. The third-order valence-electron chi connectivity index (χ3n) is 3.65. The highest BCUT2D eigenvalue weighted by molar-refractivity contribution is 6.35. The molecule has 2 rings (SSSR count). The smallest absolute Gasteiger partial charge is 0.329 e. The summed E-state index contributed by atoms with van der Waals surface area (Å²) >= 11 is 5.99. The fourth-order valence-corrected chi connectivity index (χ4v) is 2.38. The van der Waals surface area contributed by atoms with Crippen LogP contribution in [0.1, 0.15) is 11.1 Å². The molecule has 2 aromatic carbocycles. The van der Waals surface area contributed by atoms with Crippen molar-refractivity contribution in [2.45, 2.75) is 6.54 Å². The summed E-state index contributed by atoms with van der Waals surface area (Å²) in [6.45, 7) is 3.77. The zero-order valence-electron chi connectivity index (χ0n) is 16.1. The largest absolute Gasteiger partial charge is 0.483 e. The first-order chi connectivity index (χ1) is 14.5. The second-order valence-corrected chi connectivity index (χ2v) is 6.37. The summed E-state index contributed by atoms with van der Waals surface area (Å²) in [6.07, 6.45) is 2.71. The molecule has 2 aromatic rings. The lowest BCUT2D eigenvalue weighted by atomic mass is 10.2. The summed E-state index contributed by atoms with van der Waals surface area (Å²) in [5.74, 6) is -1.74. The molecule has 0 radical (unpaired) electrons. The van der Waals surface area contributed by atoms with Crippen LogP contribution in [0.4, 0.5) is 0 Å². The fourth-order valence-electron chi connectivity index (χ4n) is 2.20. The maximum absolute atomic E-state index is 12.0. The third kappa shape index (κ3) is 7.76. The van der Waals surface area contributed by atoms with Gasteiger partial charge in [0, 0.05) is 23.7 Å². The van der Waals surface area contributed by atoms with Crippen LogP contribution in [-0.4, -0.2) is 37.1 Å². The molecule has 0 spiro atoms. The zero-order chi connectivity index (χ0) is 21.8. The third-order valence-corrected chi connectivity index (χ3v) is 3.88. The highest BCUT2D eigenvalue weighted by Crippen LogP contribution is 2.21. The summed E-state index contributed by atoms with van der Waals surface area (Å²) in [4.78, 5) is 35.1. The number of hydrazone groups is 1. The number of ether oxygens (including phenoxy) is 1. The molecular formula is C21H21ClN4O4. The Labute approximate surface area is 178 Å². The predicted octanol–water partition coefficient (Wildman–Crippen LogP) is 1.79. The van der Waals surface area contributed by atoms with Crippen LogP contribution >= 0.6 is 11.6 Å². The predicted molar refractivity (Wildman–Crippen MR) is 114 cm³/mol. The molecule has 156 valence electrons. The van der Waals surface area contributed by atoms with Crippen LogP contribution in [0.3, 0.4) is 0 Å². The van der Waals surface area contributed by atoms with Gasteiger partial charge in [-0.1, -0.05) is 48.0 Å². The van der Waals surface area contributed by atoms with Crippen molar-refractivity contribution in [2.24, 2.45) is 5.10 Å². The quantitative estimate of drug-likeness (QED) is 0.245. The molecule has 0 unspecified atom stereocenters. The highest BCUT2D eigenvalue weighted by atomic mass is 35.5. The van der Waals surface area contributed by atoms with Crippen molar-refractivity contribution in [1.82, 2.24) is 16.1 Å². The van der Waals surface area contributed by atoms with E-state index in [0.29, 0.717) is 22.9 Å². The van der Waals surface area contributed by atoms with Crippen molar-refractivity contribution in [3.63, 3.8) is 0 Å². The van der Waals surface area contributed by atoms with Gasteiger partial charge in [0.15, 0.2) is 6.61 Å². The van der Waals surface area contributed by atoms with E-state index in [4.69, 9.17) is 16.3 Å². The lowest BCUT2D eigenvalue weighted by Crippen LogP contribution is -2.37. The van der Waals surface area contributed by atoms with Gasteiger partial charge in [0.25, 0.3) is 5.91 Å². The number of rotatable bonds is 9. The topological polar surface area (TPSA) is 109 Å². The SMILES string of the molecule is C=CCNC(=O)C(=O)N/N=C\c1cc(Cl)ccc1OCC(=O)NCc1ccccc1. The van der Waals surface area contributed by atoms with E-state index in [1.54, 1.807) is 18.2 Å². The lowest BCUT2D eigenvalue weighted by Gasteiger charge is -2.10. The van der Waals surface area contributed by atoms with Crippen LogP contribution < -0.4 is 20.8 Å². The van der Waals surface area contributed by atoms with Crippen molar-refractivity contribution in [3.05, 3.63) is 77.3 Å². The van der Waals surface area contributed by atoms with E-state index in [1.165, 1.54) is 12.3 Å². The minimum absolute atomic E-state index is 0.161. The van der Waals surface area contributed by atoms with Crippen LogP contribution in [0.5, 0.6) is 5.75 Å². The molecule has 0 fully saturated rings. The van der Waals surface area contributed by atoms with E-state index in [-0.39, 0.29) is 19.1 Å². The van der Waals surface area contributed by atoms with Crippen molar-refractivity contribution < 1.29 is 19.1 Å². The minimum Gasteiger partial charge on any atom is -0.483 e. The summed E-state index contributed by atoms with van der Waals surface area (Å²) in [6, 6.07) is 14.2. The van der Waals surface area contributed by atoms with E-state index in [1.807, 2.05) is 30.3 Å². The van der Waals surface area contributed by atoms with Gasteiger partial charge in [-0.2, -0.15) is 5.10 Å². The van der Waals surface area contributed by atoms with Gasteiger partial charge < -0.3 is 15.4 Å². The fraction of sp³-hybridized carbons (Fsp3) is 0.143. The van der Waals surface area contributed by atoms with Gasteiger partial charge in [0.05, 0.1) is 6.21 Å². The van der Waals surface area contributed by atoms with E-state index in [2.05, 4.69) is 27.7 Å². The van der Waals surface area contributed by atoms with Gasteiger partial charge in [0.1, 0.15) is 5.75 Å². The second kappa shape index (κ2) is 12.0. The maximum Gasteiger partial charge on any atom is 0.329 e. The van der Waals surface area contributed by atoms with Crippen molar-refractivity contribution >= 4 is 35.5 Å². The Morgan fingerprint density at radius 1 is 1.07 bits per heavy atom. The molecule has 0 bridgehead atoms. The molecule has 0 aliphatic rings. The molecule has 30 heavy (non-hydrogen) atoms. The van der Waals surface area contributed by atoms with E-state index in [0.717, 1.165) is 5.56 Å². The van der Waals surface area contributed by atoms with Crippen LogP contribution in [0.25, 0.3) is 0 Å². The van der Waals surface area contributed by atoms with Crippen LogP contribution in [0, 0.1) is 0 Å². The summed E-state index contributed by atoms with van der Waals surface area (Å²) in [5, 5.41) is 9.21. The number of hydrogen-bond acceptors (Lipinski definition) is 5. The number of benzene rings is 2. The number of amides is 3. The summed E-state index contributed by atoms with van der Waals surface area (Å²) in [7, 11) is 0. The zero-order valence-corrected chi connectivity index (χ0v) is 16.8. The Balaban J connectivity index is 1.90. The first kappa shape index (κ1) is 22.6. The molecule has 9 heteroatoms. The summed E-state index contributed by atoms with van der Waals surface area (Å²) in [5.41, 5.74) is 3.49. The average Bonchev–Trinajstić information content (AvgIpc) is 2.76. The standard InChI is InChI=1S/C21H21ClN4O4/c1-2-10-23-20(28)21(29)26-25-13-16-11-17(22)8-9-18(16)30-14-19(27)24-12-15-6-4-3-5-7-15/h2-9,11,13H,1,10,12,14H2,(H,23,28)(H,24,27)(H,26,29)/b25-13-. The number of carbonyl (C=O) groups is 3. The number of nitrogens with zero attached hydrogens (tertiary/aromatic N) is 1. The monoisotopic (exact) mass is 428 g/mol.